The van der Waals surface area contributed by atoms with Gasteiger partial charge < -0.3 is 5.32 Å². The van der Waals surface area contributed by atoms with Crippen molar-refractivity contribution in [1.82, 2.24) is 10.0 Å². The van der Waals surface area contributed by atoms with E-state index in [0.717, 1.165) is 23.5 Å². The summed E-state index contributed by atoms with van der Waals surface area (Å²) in [5.41, 5.74) is 3.52. The Labute approximate surface area is 147 Å². The maximum Gasteiger partial charge on any atom is 0.241 e. The number of nitrogens with one attached hydrogen (secondary N) is 2. The Morgan fingerprint density at radius 3 is 2.65 bits per heavy atom. The second kappa shape index (κ2) is 7.68. The lowest BCUT2D eigenvalue weighted by Crippen LogP contribution is -2.23. The third kappa shape index (κ3) is 4.08. The highest BCUT2D eigenvalue weighted by molar-refractivity contribution is 7.99. The van der Waals surface area contributed by atoms with Gasteiger partial charge in [-0.25, -0.2) is 13.1 Å². The van der Waals surface area contributed by atoms with Gasteiger partial charge in [-0.05, 0) is 35.1 Å². The molecule has 0 amide bonds. The Balaban J connectivity index is 0.00000192. The first-order valence-electron chi connectivity index (χ1n) is 7.04. The van der Waals surface area contributed by atoms with Crippen LogP contribution in [0.1, 0.15) is 16.7 Å². The van der Waals surface area contributed by atoms with Crippen LogP contribution in [-0.4, -0.2) is 14.7 Å². The van der Waals surface area contributed by atoms with E-state index in [-0.39, 0.29) is 12.4 Å². The molecule has 124 valence electrons. The number of thioether (sulfide) groups is 1. The second-order valence-corrected chi connectivity index (χ2v) is 7.77. The highest BCUT2D eigenvalue weighted by atomic mass is 35.5. The van der Waals surface area contributed by atoms with Crippen LogP contribution in [0.4, 0.5) is 0 Å². The van der Waals surface area contributed by atoms with Gasteiger partial charge in [-0.15, -0.1) is 24.2 Å². The van der Waals surface area contributed by atoms with Gasteiger partial charge in [-0.3, -0.25) is 0 Å². The van der Waals surface area contributed by atoms with Crippen molar-refractivity contribution < 1.29 is 8.42 Å². The highest BCUT2D eigenvalue weighted by Crippen LogP contribution is 2.24. The van der Waals surface area contributed by atoms with Crippen LogP contribution in [0.5, 0.6) is 0 Å². The summed E-state index contributed by atoms with van der Waals surface area (Å²) in [5, 5.41) is 3.29. The number of halogens is 1. The summed E-state index contributed by atoms with van der Waals surface area (Å²) in [4.78, 5) is 1.10. The number of hydrogen-bond donors (Lipinski definition) is 2. The van der Waals surface area contributed by atoms with Gasteiger partial charge in [0.25, 0.3) is 0 Å². The van der Waals surface area contributed by atoms with Crippen LogP contribution in [-0.2, 0) is 29.7 Å². The fraction of sp³-hybridized carbons (Fsp3) is 0.250. The van der Waals surface area contributed by atoms with Crippen LogP contribution in [0.2, 0.25) is 0 Å². The number of fused-ring (bicyclic) bond motifs is 1. The topological polar surface area (TPSA) is 58.2 Å². The van der Waals surface area contributed by atoms with E-state index in [1.54, 1.807) is 12.1 Å². The molecule has 0 unspecified atom stereocenters. The first-order chi connectivity index (χ1) is 10.6. The van der Waals surface area contributed by atoms with Crippen molar-refractivity contribution in [3.05, 3.63) is 59.2 Å². The molecule has 23 heavy (non-hydrogen) atoms. The van der Waals surface area contributed by atoms with E-state index in [1.807, 2.05) is 24.5 Å². The van der Waals surface area contributed by atoms with Crippen molar-refractivity contribution in [1.29, 1.82) is 0 Å². The number of benzene rings is 2. The van der Waals surface area contributed by atoms with Crippen molar-refractivity contribution in [2.45, 2.75) is 29.4 Å². The molecule has 7 heteroatoms. The molecule has 0 bridgehead atoms. The van der Waals surface area contributed by atoms with E-state index in [2.05, 4.69) is 22.2 Å². The zero-order chi connectivity index (χ0) is 15.6. The van der Waals surface area contributed by atoms with Gasteiger partial charge >= 0.3 is 0 Å². The molecular formula is C16H19ClN2O2S2. The van der Waals surface area contributed by atoms with Gasteiger partial charge in [0, 0.05) is 24.5 Å². The van der Waals surface area contributed by atoms with E-state index >= 15 is 0 Å². The second-order valence-electron chi connectivity index (χ2n) is 5.18. The summed E-state index contributed by atoms with van der Waals surface area (Å²) < 4.78 is 27.7. The molecule has 0 radical (unpaired) electrons. The predicted molar refractivity (Wildman–Crippen MR) is 96.5 cm³/mol. The van der Waals surface area contributed by atoms with Crippen molar-refractivity contribution in [3.8, 4) is 0 Å². The lowest BCUT2D eigenvalue weighted by Gasteiger charge is -2.10. The van der Waals surface area contributed by atoms with Crippen molar-refractivity contribution in [2.75, 3.05) is 6.26 Å². The summed E-state index contributed by atoms with van der Waals surface area (Å²) in [6.45, 7) is 2.05. The first kappa shape index (κ1) is 18.3. The monoisotopic (exact) mass is 370 g/mol. The fourth-order valence-corrected chi connectivity index (χ4v) is 4.72. The first-order valence-corrected chi connectivity index (χ1v) is 9.75. The highest BCUT2D eigenvalue weighted by Gasteiger charge is 2.18. The largest absolute Gasteiger partial charge is 0.309 e. The Morgan fingerprint density at radius 1 is 1.13 bits per heavy atom. The van der Waals surface area contributed by atoms with Gasteiger partial charge in [0.05, 0.1) is 4.90 Å². The van der Waals surface area contributed by atoms with Crippen LogP contribution in [0.3, 0.4) is 0 Å². The molecule has 1 aliphatic rings. The van der Waals surface area contributed by atoms with E-state index < -0.39 is 10.0 Å². The average molecular weight is 371 g/mol. The molecule has 3 rings (SSSR count). The molecule has 0 atom stereocenters. The molecular weight excluding hydrogens is 352 g/mol. The Hall–Kier alpha value is -1.05. The lowest BCUT2D eigenvalue weighted by molar-refractivity contribution is 0.579. The van der Waals surface area contributed by atoms with Crippen molar-refractivity contribution in [3.63, 3.8) is 0 Å². The quantitative estimate of drug-likeness (QED) is 0.794. The normalized spacial score (nSPS) is 13.4. The molecule has 2 N–H and O–H groups in total. The average Bonchev–Trinajstić information content (AvgIpc) is 3.00. The minimum absolute atomic E-state index is 0. The van der Waals surface area contributed by atoms with Crippen molar-refractivity contribution >= 4 is 34.2 Å². The van der Waals surface area contributed by atoms with Crippen LogP contribution in [0, 0.1) is 0 Å². The summed E-state index contributed by atoms with van der Waals surface area (Å²) in [6, 6.07) is 13.2. The van der Waals surface area contributed by atoms with Gasteiger partial charge in [-0.2, -0.15) is 0 Å². The van der Waals surface area contributed by atoms with E-state index in [9.17, 15) is 8.42 Å². The maximum atomic E-state index is 12.5. The van der Waals surface area contributed by atoms with Gasteiger partial charge in [0.2, 0.25) is 10.0 Å². The van der Waals surface area contributed by atoms with Gasteiger partial charge in [-0.1, -0.05) is 30.3 Å². The number of hydrogen-bond acceptors (Lipinski definition) is 4. The van der Waals surface area contributed by atoms with Crippen LogP contribution >= 0.6 is 24.2 Å². The summed E-state index contributed by atoms with van der Waals surface area (Å²) in [6.07, 6.45) is 1.88. The Bertz CT molecular complexity index is 794. The van der Waals surface area contributed by atoms with E-state index in [0.29, 0.717) is 11.4 Å². The third-order valence-electron chi connectivity index (χ3n) is 3.73. The molecule has 0 saturated carbocycles. The van der Waals surface area contributed by atoms with Gasteiger partial charge in [0.15, 0.2) is 0 Å². The maximum absolute atomic E-state index is 12.5. The molecule has 1 heterocycles. The Kier molecular flexibility index (Phi) is 6.11. The molecule has 2 aromatic rings. The van der Waals surface area contributed by atoms with Crippen LogP contribution < -0.4 is 10.0 Å². The fourth-order valence-electron chi connectivity index (χ4n) is 2.55. The van der Waals surface area contributed by atoms with E-state index in [1.165, 1.54) is 22.9 Å². The SMILES string of the molecule is CSc1ccccc1S(=O)(=O)NCc1ccc2c(c1)CNC2.Cl. The lowest BCUT2D eigenvalue weighted by atomic mass is 10.1. The molecule has 4 nitrogen and oxygen atoms in total. The third-order valence-corrected chi connectivity index (χ3v) is 6.11. The summed E-state index contributed by atoms with van der Waals surface area (Å²) in [5.74, 6) is 0. The minimum atomic E-state index is -3.50. The molecule has 0 aliphatic carbocycles. The van der Waals surface area contributed by atoms with Crippen LogP contribution in [0.25, 0.3) is 0 Å². The number of rotatable bonds is 5. The minimum Gasteiger partial charge on any atom is -0.309 e. The molecule has 0 saturated heterocycles. The zero-order valence-corrected chi connectivity index (χ0v) is 15.2. The predicted octanol–water partition coefficient (Wildman–Crippen LogP) is 2.91. The molecule has 2 aromatic carbocycles. The number of sulfonamides is 1. The van der Waals surface area contributed by atoms with Crippen molar-refractivity contribution in [2.24, 2.45) is 0 Å². The molecule has 0 fully saturated rings. The smallest absolute Gasteiger partial charge is 0.241 e. The molecule has 0 spiro atoms. The summed E-state index contributed by atoms with van der Waals surface area (Å²) in [7, 11) is -3.50. The van der Waals surface area contributed by atoms with E-state index in [4.69, 9.17) is 0 Å². The standard InChI is InChI=1S/C16H18N2O2S2.ClH/c1-21-15-4-2-3-5-16(15)22(19,20)18-9-12-6-7-13-10-17-11-14(13)8-12;/h2-8,17-18H,9-11H2,1H3;1H. The van der Waals surface area contributed by atoms with Gasteiger partial charge in [0.1, 0.15) is 0 Å². The zero-order valence-electron chi connectivity index (χ0n) is 12.7. The summed E-state index contributed by atoms with van der Waals surface area (Å²) >= 11 is 1.43. The Morgan fingerprint density at radius 2 is 1.87 bits per heavy atom. The molecule has 1 aliphatic heterocycles. The molecule has 0 aromatic heterocycles. The van der Waals surface area contributed by atoms with Crippen LogP contribution in [0.15, 0.2) is 52.3 Å².